The Balaban J connectivity index is 2.38. The van der Waals surface area contributed by atoms with Crippen molar-refractivity contribution in [3.63, 3.8) is 0 Å². The van der Waals surface area contributed by atoms with Crippen molar-refractivity contribution in [3.8, 4) is 5.75 Å². The maximum absolute atomic E-state index is 5.65. The van der Waals surface area contributed by atoms with Crippen LogP contribution in [0.1, 0.15) is 35.6 Å². The Bertz CT molecular complexity index is 413. The molecule has 0 amide bonds. The molecular weight excluding hydrogens is 242 g/mol. The summed E-state index contributed by atoms with van der Waals surface area (Å²) in [7, 11) is 3.83. The third-order valence-corrected chi connectivity index (χ3v) is 5.35. The predicted molar refractivity (Wildman–Crippen MR) is 79.7 cm³/mol. The third-order valence-electron chi connectivity index (χ3n) is 3.89. The molecule has 1 aromatic carbocycles. The molecule has 1 fully saturated rings. The number of hydrogen-bond donors (Lipinski definition) is 1. The molecule has 1 heterocycles. The van der Waals surface area contributed by atoms with Crippen LogP contribution in [0.3, 0.4) is 0 Å². The molecule has 1 aromatic rings. The first kappa shape index (κ1) is 13.8. The van der Waals surface area contributed by atoms with Crippen LogP contribution in [0.2, 0.25) is 0 Å². The summed E-state index contributed by atoms with van der Waals surface area (Å²) in [5.74, 6) is 2.34. The molecule has 0 aliphatic carbocycles. The number of ether oxygens (including phenoxy) is 1. The Morgan fingerprint density at radius 3 is 2.72 bits per heavy atom. The van der Waals surface area contributed by atoms with Crippen LogP contribution in [-0.4, -0.2) is 25.2 Å². The number of aryl methyl sites for hydroxylation is 1. The second-order valence-electron chi connectivity index (χ2n) is 4.95. The van der Waals surface area contributed by atoms with Crippen LogP contribution < -0.4 is 10.1 Å². The molecular formula is C15H23NOS. The molecule has 2 rings (SSSR count). The van der Waals surface area contributed by atoms with Crippen molar-refractivity contribution in [2.45, 2.75) is 38.0 Å². The summed E-state index contributed by atoms with van der Waals surface area (Å²) in [6.07, 6.45) is 2.63. The largest absolute Gasteiger partial charge is 0.496 e. The van der Waals surface area contributed by atoms with Gasteiger partial charge in [-0.25, -0.2) is 0 Å². The van der Waals surface area contributed by atoms with E-state index in [-0.39, 0.29) is 0 Å². The fourth-order valence-electron chi connectivity index (χ4n) is 2.73. The van der Waals surface area contributed by atoms with Gasteiger partial charge in [-0.15, -0.1) is 0 Å². The molecule has 0 saturated carbocycles. The van der Waals surface area contributed by atoms with Crippen LogP contribution >= 0.6 is 11.8 Å². The van der Waals surface area contributed by atoms with Gasteiger partial charge in [-0.05, 0) is 50.6 Å². The topological polar surface area (TPSA) is 21.3 Å². The van der Waals surface area contributed by atoms with E-state index in [1.165, 1.54) is 35.3 Å². The lowest BCUT2D eigenvalue weighted by Crippen LogP contribution is -2.26. The van der Waals surface area contributed by atoms with Crippen molar-refractivity contribution in [1.82, 2.24) is 5.32 Å². The van der Waals surface area contributed by atoms with Gasteiger partial charge in [-0.2, -0.15) is 11.8 Å². The quantitative estimate of drug-likeness (QED) is 0.900. The highest BCUT2D eigenvalue weighted by Crippen LogP contribution is 2.40. The highest BCUT2D eigenvalue weighted by atomic mass is 32.2. The van der Waals surface area contributed by atoms with Crippen LogP contribution in [0.4, 0.5) is 0 Å². The van der Waals surface area contributed by atoms with Crippen molar-refractivity contribution in [1.29, 1.82) is 0 Å². The molecule has 1 saturated heterocycles. The fourth-order valence-corrected chi connectivity index (χ4v) is 4.18. The predicted octanol–water partition coefficient (Wildman–Crippen LogP) is 3.47. The summed E-state index contributed by atoms with van der Waals surface area (Å²) in [5, 5.41) is 4.15. The van der Waals surface area contributed by atoms with Gasteiger partial charge in [0, 0.05) is 16.9 Å². The molecule has 1 N–H and O–H groups in total. The molecule has 100 valence electrons. The van der Waals surface area contributed by atoms with Gasteiger partial charge in [-0.3, -0.25) is 0 Å². The van der Waals surface area contributed by atoms with E-state index >= 15 is 0 Å². The highest BCUT2D eigenvalue weighted by molar-refractivity contribution is 8.00. The number of rotatable bonds is 4. The number of hydrogen-bond acceptors (Lipinski definition) is 3. The van der Waals surface area contributed by atoms with Gasteiger partial charge in [0.25, 0.3) is 0 Å². The third kappa shape index (κ3) is 2.52. The maximum atomic E-state index is 5.65. The normalized spacial score (nSPS) is 21.0. The minimum Gasteiger partial charge on any atom is -0.496 e. The first-order valence-corrected chi connectivity index (χ1v) is 7.67. The van der Waals surface area contributed by atoms with Gasteiger partial charge in [-0.1, -0.05) is 12.1 Å². The number of benzene rings is 1. The zero-order valence-corrected chi connectivity index (χ0v) is 12.6. The average Bonchev–Trinajstić information content (AvgIpc) is 2.89. The minimum absolute atomic E-state index is 0.395. The van der Waals surface area contributed by atoms with Crippen molar-refractivity contribution in [3.05, 3.63) is 28.8 Å². The highest BCUT2D eigenvalue weighted by Gasteiger charge is 2.28. The first-order valence-electron chi connectivity index (χ1n) is 6.62. The van der Waals surface area contributed by atoms with Gasteiger partial charge in [0.1, 0.15) is 5.75 Å². The molecule has 0 spiro atoms. The Labute approximate surface area is 114 Å². The van der Waals surface area contributed by atoms with Gasteiger partial charge < -0.3 is 10.1 Å². The number of thioether (sulfide) groups is 1. The summed E-state index contributed by atoms with van der Waals surface area (Å²) in [6, 6.07) is 4.82. The second kappa shape index (κ2) is 5.98. The van der Waals surface area contributed by atoms with Crippen molar-refractivity contribution in [2.75, 3.05) is 19.9 Å². The fraction of sp³-hybridized carbons (Fsp3) is 0.600. The molecule has 3 heteroatoms. The Kier molecular flexibility index (Phi) is 4.57. The molecule has 1 aliphatic heterocycles. The van der Waals surface area contributed by atoms with E-state index in [0.29, 0.717) is 11.3 Å². The van der Waals surface area contributed by atoms with E-state index in [1.54, 1.807) is 7.11 Å². The molecule has 1 aliphatic rings. The molecule has 0 bridgehead atoms. The summed E-state index contributed by atoms with van der Waals surface area (Å²) in [6.45, 7) is 4.28. The smallest absolute Gasteiger partial charge is 0.126 e. The summed E-state index contributed by atoms with van der Waals surface area (Å²) in [4.78, 5) is 0. The number of nitrogens with one attached hydrogen (secondary N) is 1. The lowest BCUT2D eigenvalue weighted by molar-refractivity contribution is 0.396. The van der Waals surface area contributed by atoms with Gasteiger partial charge in [0.05, 0.1) is 7.11 Å². The van der Waals surface area contributed by atoms with E-state index < -0.39 is 0 Å². The summed E-state index contributed by atoms with van der Waals surface area (Å²) >= 11 is 2.08. The van der Waals surface area contributed by atoms with Crippen molar-refractivity contribution >= 4 is 11.8 Å². The zero-order chi connectivity index (χ0) is 13.1. The van der Waals surface area contributed by atoms with E-state index in [9.17, 15) is 0 Å². The standard InChI is InChI=1S/C15H23NOS/c1-10-7-8-12(15(17-4)11(10)2)14(16-3)13-6-5-9-18-13/h7-8,13-14,16H,5-6,9H2,1-4H3. The lowest BCUT2D eigenvalue weighted by atomic mass is 9.95. The molecule has 2 nitrogen and oxygen atoms in total. The second-order valence-corrected chi connectivity index (χ2v) is 6.29. The van der Waals surface area contributed by atoms with Crippen LogP contribution in [-0.2, 0) is 0 Å². The van der Waals surface area contributed by atoms with Crippen LogP contribution in [0, 0.1) is 13.8 Å². The van der Waals surface area contributed by atoms with Crippen LogP contribution in [0.25, 0.3) is 0 Å². The Morgan fingerprint density at radius 1 is 1.39 bits per heavy atom. The molecule has 0 aromatic heterocycles. The molecule has 0 radical (unpaired) electrons. The average molecular weight is 265 g/mol. The van der Waals surface area contributed by atoms with Crippen molar-refractivity contribution in [2.24, 2.45) is 0 Å². The van der Waals surface area contributed by atoms with Crippen LogP contribution in [0.5, 0.6) is 5.75 Å². The van der Waals surface area contributed by atoms with Gasteiger partial charge >= 0.3 is 0 Å². The lowest BCUT2D eigenvalue weighted by Gasteiger charge is -2.26. The SMILES string of the molecule is CNC(c1ccc(C)c(C)c1OC)C1CCCS1. The van der Waals surface area contributed by atoms with Crippen LogP contribution in [0.15, 0.2) is 12.1 Å². The van der Waals surface area contributed by atoms with Crippen molar-refractivity contribution < 1.29 is 4.74 Å². The van der Waals surface area contributed by atoms with E-state index in [4.69, 9.17) is 4.74 Å². The first-order chi connectivity index (χ1) is 8.69. The summed E-state index contributed by atoms with van der Waals surface area (Å²) in [5.41, 5.74) is 3.87. The maximum Gasteiger partial charge on any atom is 0.126 e. The summed E-state index contributed by atoms with van der Waals surface area (Å²) < 4.78 is 5.65. The van der Waals surface area contributed by atoms with E-state index in [0.717, 1.165) is 5.75 Å². The Morgan fingerprint density at radius 2 is 2.17 bits per heavy atom. The molecule has 2 unspecified atom stereocenters. The Hall–Kier alpha value is -0.670. The molecule has 18 heavy (non-hydrogen) atoms. The van der Waals surface area contributed by atoms with Gasteiger partial charge in [0.2, 0.25) is 0 Å². The minimum atomic E-state index is 0.395. The monoisotopic (exact) mass is 265 g/mol. The molecule has 2 atom stereocenters. The van der Waals surface area contributed by atoms with Gasteiger partial charge in [0.15, 0.2) is 0 Å². The van der Waals surface area contributed by atoms with E-state index in [1.807, 2.05) is 0 Å². The van der Waals surface area contributed by atoms with E-state index in [2.05, 4.69) is 50.1 Å². The number of methoxy groups -OCH3 is 1. The zero-order valence-electron chi connectivity index (χ0n) is 11.7.